The summed E-state index contributed by atoms with van der Waals surface area (Å²) in [5.74, 6) is 1.41. The van der Waals surface area contributed by atoms with E-state index in [-0.39, 0.29) is 12.5 Å². The summed E-state index contributed by atoms with van der Waals surface area (Å²) in [6.07, 6.45) is 0. The zero-order valence-electron chi connectivity index (χ0n) is 15.1. The maximum Gasteiger partial charge on any atom is 0.258 e. The molecule has 134 valence electrons. The van der Waals surface area contributed by atoms with Crippen LogP contribution in [0, 0.1) is 13.8 Å². The van der Waals surface area contributed by atoms with E-state index in [1.165, 1.54) is 0 Å². The summed E-state index contributed by atoms with van der Waals surface area (Å²) in [7, 11) is 0. The summed E-state index contributed by atoms with van der Waals surface area (Å²) in [5.41, 5.74) is 2.12. The molecule has 0 aromatic heterocycles. The molecule has 0 aliphatic rings. The van der Waals surface area contributed by atoms with Crippen molar-refractivity contribution < 1.29 is 14.3 Å². The lowest BCUT2D eigenvalue weighted by Crippen LogP contribution is -2.32. The van der Waals surface area contributed by atoms with Gasteiger partial charge in [0.05, 0.1) is 6.54 Å². The van der Waals surface area contributed by atoms with Crippen LogP contribution in [0.15, 0.2) is 60.7 Å². The normalized spacial score (nSPS) is 10.5. The minimum atomic E-state index is -0.160. The van der Waals surface area contributed by atoms with E-state index in [1.807, 2.05) is 62.4 Å². The molecule has 0 fully saturated rings. The van der Waals surface area contributed by atoms with Gasteiger partial charge < -0.3 is 14.8 Å². The summed E-state index contributed by atoms with van der Waals surface area (Å²) < 4.78 is 11.4. The minimum absolute atomic E-state index is 0.00143. The smallest absolute Gasteiger partial charge is 0.258 e. The average Bonchev–Trinajstić information content (AvgIpc) is 2.66. The van der Waals surface area contributed by atoms with E-state index in [1.54, 1.807) is 0 Å². The summed E-state index contributed by atoms with van der Waals surface area (Å²) in [6, 6.07) is 20.0. The van der Waals surface area contributed by atoms with Gasteiger partial charge in [-0.25, -0.2) is 0 Å². The van der Waals surface area contributed by atoms with Gasteiger partial charge in [0.15, 0.2) is 6.61 Å². The lowest BCUT2D eigenvalue weighted by Gasteiger charge is -2.12. The molecule has 0 spiro atoms. The van der Waals surface area contributed by atoms with E-state index in [4.69, 9.17) is 9.47 Å². The van der Waals surface area contributed by atoms with Gasteiger partial charge in [-0.15, -0.1) is 0 Å². The molecule has 0 radical (unpaired) electrons. The molecule has 3 aromatic rings. The fourth-order valence-corrected chi connectivity index (χ4v) is 2.73. The van der Waals surface area contributed by atoms with Gasteiger partial charge in [0, 0.05) is 5.39 Å². The molecule has 0 aliphatic carbocycles. The van der Waals surface area contributed by atoms with Crippen molar-refractivity contribution in [1.29, 1.82) is 0 Å². The van der Waals surface area contributed by atoms with Crippen molar-refractivity contribution in [1.82, 2.24) is 5.32 Å². The number of rotatable bonds is 7. The zero-order chi connectivity index (χ0) is 18.4. The Morgan fingerprint density at radius 3 is 2.62 bits per heavy atom. The molecule has 0 saturated heterocycles. The summed E-state index contributed by atoms with van der Waals surface area (Å²) in [5, 5.41) is 5.02. The van der Waals surface area contributed by atoms with Crippen LogP contribution in [0.3, 0.4) is 0 Å². The SMILES string of the molecule is Cc1ccc(C)c(OCC(=O)NCCOc2cccc3ccccc23)c1. The van der Waals surface area contributed by atoms with Gasteiger partial charge in [-0.3, -0.25) is 4.79 Å². The van der Waals surface area contributed by atoms with E-state index in [9.17, 15) is 4.79 Å². The first-order valence-corrected chi connectivity index (χ1v) is 8.71. The number of aryl methyl sites for hydroxylation is 2. The Kier molecular flexibility index (Phi) is 5.74. The maximum atomic E-state index is 11.9. The third-order valence-corrected chi connectivity index (χ3v) is 4.13. The lowest BCUT2D eigenvalue weighted by molar-refractivity contribution is -0.123. The molecule has 3 rings (SSSR count). The topological polar surface area (TPSA) is 47.6 Å². The third kappa shape index (κ3) is 4.54. The van der Waals surface area contributed by atoms with Gasteiger partial charge in [-0.1, -0.05) is 48.5 Å². The van der Waals surface area contributed by atoms with Gasteiger partial charge in [0.25, 0.3) is 5.91 Å². The highest BCUT2D eigenvalue weighted by molar-refractivity contribution is 5.88. The van der Waals surface area contributed by atoms with Crippen molar-refractivity contribution in [3.63, 3.8) is 0 Å². The summed E-state index contributed by atoms with van der Waals surface area (Å²) in [4.78, 5) is 11.9. The van der Waals surface area contributed by atoms with Crippen molar-refractivity contribution in [2.75, 3.05) is 19.8 Å². The second-order valence-corrected chi connectivity index (χ2v) is 6.23. The number of hydrogen-bond acceptors (Lipinski definition) is 3. The predicted octanol–water partition coefficient (Wildman–Crippen LogP) is 4.03. The first-order chi connectivity index (χ1) is 12.6. The second-order valence-electron chi connectivity index (χ2n) is 6.23. The minimum Gasteiger partial charge on any atom is -0.491 e. The third-order valence-electron chi connectivity index (χ3n) is 4.13. The Bertz CT molecular complexity index is 900. The van der Waals surface area contributed by atoms with Crippen LogP contribution in [0.4, 0.5) is 0 Å². The van der Waals surface area contributed by atoms with Gasteiger partial charge in [0.1, 0.15) is 18.1 Å². The van der Waals surface area contributed by atoms with Crippen molar-refractivity contribution >= 4 is 16.7 Å². The molecular weight excluding hydrogens is 326 g/mol. The van der Waals surface area contributed by atoms with E-state index in [2.05, 4.69) is 17.4 Å². The number of benzene rings is 3. The van der Waals surface area contributed by atoms with Crippen molar-refractivity contribution in [2.24, 2.45) is 0 Å². The molecule has 3 aromatic carbocycles. The molecule has 0 atom stereocenters. The highest BCUT2D eigenvalue weighted by Crippen LogP contribution is 2.24. The van der Waals surface area contributed by atoms with Crippen LogP contribution in [0.2, 0.25) is 0 Å². The number of fused-ring (bicyclic) bond motifs is 1. The van der Waals surface area contributed by atoms with Crippen molar-refractivity contribution in [3.8, 4) is 11.5 Å². The van der Waals surface area contributed by atoms with Crippen molar-refractivity contribution in [3.05, 3.63) is 71.8 Å². The highest BCUT2D eigenvalue weighted by Gasteiger charge is 2.06. The number of ether oxygens (including phenoxy) is 2. The molecule has 0 unspecified atom stereocenters. The van der Waals surface area contributed by atoms with Crippen molar-refractivity contribution in [2.45, 2.75) is 13.8 Å². The van der Waals surface area contributed by atoms with Gasteiger partial charge >= 0.3 is 0 Å². The number of carbonyl (C=O) groups is 1. The molecule has 26 heavy (non-hydrogen) atoms. The standard InChI is InChI=1S/C22H23NO3/c1-16-10-11-17(2)21(14-16)26-15-22(24)23-12-13-25-20-9-5-7-18-6-3-4-8-19(18)20/h3-11,14H,12-13,15H2,1-2H3,(H,23,24). The lowest BCUT2D eigenvalue weighted by atomic mass is 10.1. The fourth-order valence-electron chi connectivity index (χ4n) is 2.73. The molecule has 0 saturated carbocycles. The van der Waals surface area contributed by atoms with E-state index >= 15 is 0 Å². The van der Waals surface area contributed by atoms with E-state index in [0.717, 1.165) is 33.4 Å². The zero-order valence-corrected chi connectivity index (χ0v) is 15.1. The Balaban J connectivity index is 1.44. The number of hydrogen-bond donors (Lipinski definition) is 1. The van der Waals surface area contributed by atoms with Crippen LogP contribution >= 0.6 is 0 Å². The van der Waals surface area contributed by atoms with E-state index < -0.39 is 0 Å². The quantitative estimate of drug-likeness (QED) is 0.655. The molecular formula is C22H23NO3. The van der Waals surface area contributed by atoms with Gasteiger partial charge in [0.2, 0.25) is 0 Å². The summed E-state index contributed by atoms with van der Waals surface area (Å²) in [6.45, 7) is 4.79. The maximum absolute atomic E-state index is 11.9. The van der Waals surface area contributed by atoms with Gasteiger partial charge in [-0.05, 0) is 42.5 Å². The largest absolute Gasteiger partial charge is 0.491 e. The monoisotopic (exact) mass is 349 g/mol. The number of carbonyl (C=O) groups excluding carboxylic acids is 1. The highest BCUT2D eigenvalue weighted by atomic mass is 16.5. The Labute approximate surface area is 153 Å². The Hall–Kier alpha value is -3.01. The molecule has 0 heterocycles. The number of nitrogens with one attached hydrogen (secondary N) is 1. The van der Waals surface area contributed by atoms with Crippen LogP contribution in [0.25, 0.3) is 10.8 Å². The van der Waals surface area contributed by atoms with E-state index in [0.29, 0.717) is 13.2 Å². The molecule has 0 bridgehead atoms. The fraction of sp³-hybridized carbons (Fsp3) is 0.227. The first-order valence-electron chi connectivity index (χ1n) is 8.71. The van der Waals surface area contributed by atoms with Crippen LogP contribution in [0.1, 0.15) is 11.1 Å². The molecule has 1 N–H and O–H groups in total. The van der Waals surface area contributed by atoms with Gasteiger partial charge in [-0.2, -0.15) is 0 Å². The average molecular weight is 349 g/mol. The summed E-state index contributed by atoms with van der Waals surface area (Å²) >= 11 is 0. The van der Waals surface area contributed by atoms with Crippen LogP contribution < -0.4 is 14.8 Å². The van der Waals surface area contributed by atoms with Crippen LogP contribution in [0.5, 0.6) is 11.5 Å². The molecule has 0 aliphatic heterocycles. The first kappa shape index (κ1) is 17.8. The van der Waals surface area contributed by atoms with Crippen LogP contribution in [-0.2, 0) is 4.79 Å². The predicted molar refractivity (Wildman–Crippen MR) is 104 cm³/mol. The number of amides is 1. The molecule has 1 amide bonds. The Morgan fingerprint density at radius 1 is 0.923 bits per heavy atom. The van der Waals surface area contributed by atoms with Crippen LogP contribution in [-0.4, -0.2) is 25.7 Å². The Morgan fingerprint density at radius 2 is 1.73 bits per heavy atom. The molecule has 4 nitrogen and oxygen atoms in total. The molecule has 4 heteroatoms. The second kappa shape index (κ2) is 8.39.